The van der Waals surface area contributed by atoms with Crippen LogP contribution >= 0.6 is 0 Å². The number of aromatic nitrogens is 15. The third-order valence-corrected chi connectivity index (χ3v) is 28.7. The van der Waals surface area contributed by atoms with Gasteiger partial charge < -0.3 is 27.4 Å². The second-order valence-electron chi connectivity index (χ2n) is 37.5. The molecule has 0 spiro atoms. The van der Waals surface area contributed by atoms with Crippen molar-refractivity contribution in [1.29, 1.82) is 0 Å². The molecule has 0 aliphatic heterocycles. The van der Waals surface area contributed by atoms with Crippen molar-refractivity contribution >= 4 is 131 Å². The van der Waals surface area contributed by atoms with E-state index < -0.39 is 0 Å². The number of nitrogens with zero attached hydrogens (tertiary/aromatic N) is 15. The van der Waals surface area contributed by atoms with E-state index in [4.69, 9.17) is 44.9 Å². The number of fused-ring (bicyclic) bond motifs is 20. The summed E-state index contributed by atoms with van der Waals surface area (Å²) < 4.78 is 14.3. The van der Waals surface area contributed by atoms with E-state index in [0.717, 1.165) is 106 Å². The first-order valence-electron chi connectivity index (χ1n) is 50.4. The minimum Gasteiger partial charge on any atom is -0.309 e. The molecule has 0 bridgehead atoms. The normalized spacial score (nSPS) is 11.6. The van der Waals surface area contributed by atoms with Crippen LogP contribution in [0.5, 0.6) is 0 Å². The molecule has 702 valence electrons. The average molecular weight is 1920 g/mol. The predicted molar refractivity (Wildman–Crippen MR) is 614 cm³/mol. The Labute approximate surface area is 861 Å². The van der Waals surface area contributed by atoms with Crippen LogP contribution in [0.1, 0.15) is 0 Å². The van der Waals surface area contributed by atoms with E-state index in [-0.39, 0.29) is 0 Å². The van der Waals surface area contributed by atoms with Gasteiger partial charge in [-0.1, -0.05) is 352 Å². The van der Waals surface area contributed by atoms with Gasteiger partial charge in [0.05, 0.1) is 66.2 Å². The van der Waals surface area contributed by atoms with Crippen LogP contribution in [0.3, 0.4) is 0 Å². The second-order valence-corrected chi connectivity index (χ2v) is 37.5. The zero-order chi connectivity index (χ0) is 99.1. The third kappa shape index (κ3) is 15.3. The first-order valence-corrected chi connectivity index (χ1v) is 50.4. The summed E-state index contributed by atoms with van der Waals surface area (Å²) >= 11 is 0. The zero-order valence-electron chi connectivity index (χ0n) is 80.9. The molecule has 150 heavy (non-hydrogen) atoms. The van der Waals surface area contributed by atoms with E-state index in [1.165, 1.54) is 109 Å². The molecule has 0 radical (unpaired) electrons. The molecular formula is C135H87N15. The van der Waals surface area contributed by atoms with Crippen molar-refractivity contribution < 1.29 is 0 Å². The monoisotopic (exact) mass is 1920 g/mol. The predicted octanol–water partition coefficient (Wildman–Crippen LogP) is 33.2. The van der Waals surface area contributed by atoms with Gasteiger partial charge in [0.15, 0.2) is 52.4 Å². The molecule has 0 amide bonds. The summed E-state index contributed by atoms with van der Waals surface area (Å²) in [6.45, 7) is 0. The van der Waals surface area contributed by atoms with Crippen molar-refractivity contribution in [3.63, 3.8) is 0 Å². The van der Waals surface area contributed by atoms with Crippen LogP contribution in [0.15, 0.2) is 528 Å². The van der Waals surface area contributed by atoms with Crippen molar-refractivity contribution in [2.45, 2.75) is 0 Å². The Morgan fingerprint density at radius 1 is 0.107 bits per heavy atom. The number of rotatable bonds is 15. The summed E-state index contributed by atoms with van der Waals surface area (Å²) in [5, 5.41) is 14.8. The lowest BCUT2D eigenvalue weighted by molar-refractivity contribution is 1.07. The number of hydrogen-bond donors (Lipinski definition) is 0. The fraction of sp³-hybridized carbons (Fsp3) is 0. The number of para-hydroxylation sites is 9. The highest BCUT2D eigenvalue weighted by Crippen LogP contribution is 2.48. The summed E-state index contributed by atoms with van der Waals surface area (Å²) in [6, 6.07) is 184. The molecule has 21 aromatic carbocycles. The Morgan fingerprint density at radius 2 is 0.293 bits per heavy atom. The van der Waals surface area contributed by atoms with E-state index in [2.05, 4.69) is 373 Å². The highest BCUT2D eigenvalue weighted by Gasteiger charge is 2.27. The quantitative estimate of drug-likeness (QED) is 0.0979. The van der Waals surface area contributed by atoms with Crippen molar-refractivity contribution in [2.24, 2.45) is 0 Å². The van der Waals surface area contributed by atoms with Crippen LogP contribution in [-0.4, -0.2) is 72.3 Å². The first-order chi connectivity index (χ1) is 74.4. The maximum absolute atomic E-state index is 4.97. The van der Waals surface area contributed by atoms with Crippen LogP contribution in [0.25, 0.3) is 267 Å². The van der Waals surface area contributed by atoms with E-state index in [1.54, 1.807) is 0 Å². The lowest BCUT2D eigenvalue weighted by Gasteiger charge is -2.11. The van der Waals surface area contributed by atoms with Crippen molar-refractivity contribution in [1.82, 2.24) is 72.3 Å². The fourth-order valence-corrected chi connectivity index (χ4v) is 21.9. The zero-order valence-corrected chi connectivity index (χ0v) is 80.9. The van der Waals surface area contributed by atoms with Gasteiger partial charge in [-0.3, -0.25) is 0 Å². The Bertz CT molecular complexity index is 10200. The van der Waals surface area contributed by atoms with Crippen LogP contribution in [0.2, 0.25) is 0 Å². The molecule has 15 nitrogen and oxygen atoms in total. The van der Waals surface area contributed by atoms with E-state index in [9.17, 15) is 0 Å². The molecule has 30 aromatic rings. The van der Waals surface area contributed by atoms with Crippen LogP contribution in [0, 0.1) is 0 Å². The highest BCUT2D eigenvalue weighted by atomic mass is 15.1. The minimum absolute atomic E-state index is 0.639. The Balaban J connectivity index is 0.000000108. The molecule has 0 saturated heterocycles. The van der Waals surface area contributed by atoms with Crippen LogP contribution in [0.4, 0.5) is 0 Å². The standard InChI is InChI=1S/3C45H29N5/c1-4-14-30(15-5-1)43-46-44(31-16-6-2-7-17-31)48-45(47-43)32-24-26-34(27-25-32)50-40-23-13-11-21-36(40)38-28-37-35-20-10-12-22-39(35)49(41(37)29-42(38)50)33-18-8-3-9-19-33;1-4-14-30(15-5-1)43-46-44(31-16-6-2-7-17-31)48-45(47-43)32-24-26-34(27-25-32)50-38-22-12-10-20-35(38)36-28-29-40-41(42(36)50)37-21-11-13-23-39(37)49(40)33-18-8-3-9-19-33;1-4-14-30(15-5-1)43-46-44(31-16-6-2-7-17-31)48-45(47-43)32-24-26-34(27-25-32)50-38-23-13-11-21-36(38)42-40(50)29-28-39-41(42)35-20-10-12-22-37(35)49(39)33-18-8-3-9-19-33/h3*1-29H. The molecule has 0 fully saturated rings. The van der Waals surface area contributed by atoms with E-state index >= 15 is 0 Å². The van der Waals surface area contributed by atoms with Crippen LogP contribution < -0.4 is 0 Å². The molecule has 0 saturated carbocycles. The maximum atomic E-state index is 4.97. The molecule has 0 aliphatic rings. The van der Waals surface area contributed by atoms with Crippen molar-refractivity contribution in [3.8, 4) is 137 Å². The summed E-state index contributed by atoms with van der Waals surface area (Å²) in [5.41, 5.74) is 29.3. The molecule has 0 unspecified atom stereocenters. The highest BCUT2D eigenvalue weighted by molar-refractivity contribution is 6.30. The Kier molecular flexibility index (Phi) is 21.5. The molecule has 9 aromatic heterocycles. The second kappa shape index (κ2) is 37.0. The Hall–Kier alpha value is -20.6. The van der Waals surface area contributed by atoms with Crippen molar-refractivity contribution in [3.05, 3.63) is 528 Å². The first kappa shape index (κ1) is 87.3. The average Bonchev–Trinajstić information content (AvgIpc) is 1.55. The summed E-state index contributed by atoms with van der Waals surface area (Å²) in [4.78, 5) is 44.3. The van der Waals surface area contributed by atoms with Gasteiger partial charge in [-0.15, -0.1) is 0 Å². The fourth-order valence-electron chi connectivity index (χ4n) is 21.9. The molecular weight excluding hydrogens is 1830 g/mol. The number of benzene rings is 21. The molecule has 15 heteroatoms. The smallest absolute Gasteiger partial charge is 0.164 e. The molecule has 0 atom stereocenters. The van der Waals surface area contributed by atoms with E-state index in [1.807, 2.05) is 182 Å². The van der Waals surface area contributed by atoms with Crippen LogP contribution in [-0.2, 0) is 0 Å². The molecule has 0 N–H and O–H groups in total. The van der Waals surface area contributed by atoms with Gasteiger partial charge in [-0.2, -0.15) is 0 Å². The molecule has 9 heterocycles. The lowest BCUT2D eigenvalue weighted by atomic mass is 10.1. The van der Waals surface area contributed by atoms with Gasteiger partial charge in [0.1, 0.15) is 0 Å². The van der Waals surface area contributed by atoms with Gasteiger partial charge in [0.25, 0.3) is 0 Å². The van der Waals surface area contributed by atoms with Gasteiger partial charge in [0, 0.05) is 149 Å². The van der Waals surface area contributed by atoms with Gasteiger partial charge >= 0.3 is 0 Å². The third-order valence-electron chi connectivity index (χ3n) is 28.7. The van der Waals surface area contributed by atoms with Gasteiger partial charge in [0.2, 0.25) is 0 Å². The summed E-state index contributed by atoms with van der Waals surface area (Å²) in [7, 11) is 0. The Morgan fingerprint density at radius 3 is 0.573 bits per heavy atom. The minimum atomic E-state index is 0.639. The van der Waals surface area contributed by atoms with Crippen molar-refractivity contribution in [2.75, 3.05) is 0 Å². The van der Waals surface area contributed by atoms with Gasteiger partial charge in [-0.25, -0.2) is 44.9 Å². The topological polar surface area (TPSA) is 146 Å². The summed E-state index contributed by atoms with van der Waals surface area (Å²) in [6.07, 6.45) is 0. The van der Waals surface area contributed by atoms with Gasteiger partial charge in [-0.05, 0) is 176 Å². The molecule has 0 aliphatic carbocycles. The largest absolute Gasteiger partial charge is 0.309 e. The molecule has 30 rings (SSSR count). The lowest BCUT2D eigenvalue weighted by Crippen LogP contribution is -2.00. The summed E-state index contributed by atoms with van der Waals surface area (Å²) in [5.74, 6) is 5.83. The maximum Gasteiger partial charge on any atom is 0.164 e. The van der Waals surface area contributed by atoms with E-state index in [0.29, 0.717) is 52.4 Å². The SMILES string of the molecule is c1ccc(-c2nc(-c3ccccc3)nc(-c3ccc(-n4c5ccccc5c5c6c7ccccc7n(-c7ccccc7)c6ccc54)cc3)n2)cc1.c1ccc(-c2nc(-c3ccccc3)nc(-c3ccc(-n4c5ccccc5c5cc6c7ccccc7n(-c7ccccc7)c6cc54)cc3)n2)cc1.c1ccc(-c2nc(-c3ccccc3)nc(-c3ccc(-n4c5ccccc5c5ccc6c(c7ccccc7n6-c6ccccc6)c54)cc3)n2)cc1. The number of hydrogen-bond acceptors (Lipinski definition) is 9.